The summed E-state index contributed by atoms with van der Waals surface area (Å²) in [7, 11) is 0. The van der Waals surface area contributed by atoms with Gasteiger partial charge < -0.3 is 10.2 Å². The summed E-state index contributed by atoms with van der Waals surface area (Å²) in [6, 6.07) is 16.3. The largest absolute Gasteiger partial charge is 0.327 e. The number of halogens is 1. The van der Waals surface area contributed by atoms with Gasteiger partial charge in [-0.05, 0) is 30.7 Å². The fourth-order valence-electron chi connectivity index (χ4n) is 2.35. The van der Waals surface area contributed by atoms with Crippen LogP contribution in [-0.2, 0) is 9.59 Å². The molecule has 120 valence electrons. The normalized spacial score (nSPS) is 11.6. The summed E-state index contributed by atoms with van der Waals surface area (Å²) >= 11 is 5.90. The summed E-state index contributed by atoms with van der Waals surface area (Å²) in [5.41, 5.74) is 1.59. The summed E-state index contributed by atoms with van der Waals surface area (Å²) in [5.74, 6) is -0.409. The Hall–Kier alpha value is -2.33. The molecule has 1 atom stereocenters. The Morgan fingerprint density at radius 1 is 1.13 bits per heavy atom. The lowest BCUT2D eigenvalue weighted by atomic mass is 10.1. The van der Waals surface area contributed by atoms with E-state index in [4.69, 9.17) is 11.6 Å². The fourth-order valence-corrected chi connectivity index (χ4v) is 2.54. The Morgan fingerprint density at radius 3 is 2.43 bits per heavy atom. The van der Waals surface area contributed by atoms with Crippen LogP contribution in [0.4, 0.5) is 5.69 Å². The second-order valence-electron chi connectivity index (χ2n) is 5.29. The molecule has 1 unspecified atom stereocenters. The molecule has 0 bridgehead atoms. The molecule has 0 saturated heterocycles. The lowest BCUT2D eigenvalue weighted by molar-refractivity contribution is -0.134. The van der Waals surface area contributed by atoms with Crippen molar-refractivity contribution in [1.82, 2.24) is 4.90 Å². The van der Waals surface area contributed by atoms with Crippen LogP contribution >= 0.6 is 11.6 Å². The van der Waals surface area contributed by atoms with Crippen molar-refractivity contribution in [2.24, 2.45) is 0 Å². The van der Waals surface area contributed by atoms with Crippen molar-refractivity contribution >= 4 is 29.1 Å². The van der Waals surface area contributed by atoms with Gasteiger partial charge in [-0.3, -0.25) is 9.59 Å². The number of hydrogen-bond acceptors (Lipinski definition) is 2. The van der Waals surface area contributed by atoms with E-state index in [0.717, 1.165) is 5.56 Å². The maximum Gasteiger partial charge on any atom is 0.244 e. The molecule has 0 fully saturated rings. The number of nitrogens with zero attached hydrogens (tertiary/aromatic N) is 1. The monoisotopic (exact) mass is 330 g/mol. The molecule has 2 aromatic carbocycles. The average Bonchev–Trinajstić information content (AvgIpc) is 2.52. The molecular formula is C18H19ClN2O2. The van der Waals surface area contributed by atoms with Crippen LogP contribution in [0, 0.1) is 0 Å². The maximum atomic E-state index is 12.2. The summed E-state index contributed by atoms with van der Waals surface area (Å²) < 4.78 is 0. The zero-order chi connectivity index (χ0) is 16.8. The minimum absolute atomic E-state index is 0.0160. The minimum Gasteiger partial charge on any atom is -0.327 e. The molecule has 0 heterocycles. The second kappa shape index (κ2) is 7.79. The third kappa shape index (κ3) is 4.83. The van der Waals surface area contributed by atoms with Crippen LogP contribution in [0.15, 0.2) is 54.6 Å². The molecule has 5 heteroatoms. The molecule has 1 N–H and O–H groups in total. The molecule has 23 heavy (non-hydrogen) atoms. The number of hydrogen-bond donors (Lipinski definition) is 1. The summed E-state index contributed by atoms with van der Waals surface area (Å²) in [4.78, 5) is 25.7. The van der Waals surface area contributed by atoms with Crippen LogP contribution in [0.25, 0.3) is 0 Å². The van der Waals surface area contributed by atoms with Gasteiger partial charge in [0.05, 0.1) is 6.04 Å². The standard InChI is InChI=1S/C18H19ClN2O2/c1-13(15-7-4-3-5-8-15)21(14(2)22)12-18(23)20-17-10-6-9-16(19)11-17/h3-11,13H,12H2,1-2H3,(H,20,23). The summed E-state index contributed by atoms with van der Waals surface area (Å²) in [5, 5.41) is 3.30. The topological polar surface area (TPSA) is 49.4 Å². The molecule has 0 spiro atoms. The molecule has 0 aliphatic heterocycles. The first-order chi connectivity index (χ1) is 11.0. The Kier molecular flexibility index (Phi) is 5.77. The van der Waals surface area contributed by atoms with E-state index in [0.29, 0.717) is 10.7 Å². The third-order valence-electron chi connectivity index (χ3n) is 3.58. The SMILES string of the molecule is CC(=O)N(CC(=O)Nc1cccc(Cl)c1)C(C)c1ccccc1. The number of anilines is 1. The quantitative estimate of drug-likeness (QED) is 0.904. The van der Waals surface area contributed by atoms with E-state index in [1.807, 2.05) is 37.3 Å². The van der Waals surface area contributed by atoms with Gasteiger partial charge in [-0.15, -0.1) is 0 Å². The van der Waals surface area contributed by atoms with Gasteiger partial charge in [0, 0.05) is 17.6 Å². The first kappa shape index (κ1) is 17.0. The first-order valence-corrected chi connectivity index (χ1v) is 7.72. The zero-order valence-corrected chi connectivity index (χ0v) is 13.9. The predicted molar refractivity (Wildman–Crippen MR) is 92.3 cm³/mol. The lowest BCUT2D eigenvalue weighted by Crippen LogP contribution is -2.38. The predicted octanol–water partition coefficient (Wildman–Crippen LogP) is 3.89. The maximum absolute atomic E-state index is 12.2. The third-order valence-corrected chi connectivity index (χ3v) is 3.81. The van der Waals surface area contributed by atoms with E-state index in [9.17, 15) is 9.59 Å². The van der Waals surface area contributed by atoms with Gasteiger partial charge in [-0.1, -0.05) is 48.0 Å². The number of benzene rings is 2. The van der Waals surface area contributed by atoms with Gasteiger partial charge in [0.15, 0.2) is 0 Å². The van der Waals surface area contributed by atoms with Crippen molar-refractivity contribution in [3.05, 3.63) is 65.2 Å². The molecule has 0 saturated carbocycles. The van der Waals surface area contributed by atoms with Crippen LogP contribution in [-0.4, -0.2) is 23.3 Å². The Labute approximate surface area is 141 Å². The average molecular weight is 331 g/mol. The highest BCUT2D eigenvalue weighted by atomic mass is 35.5. The molecule has 0 radical (unpaired) electrons. The van der Waals surface area contributed by atoms with Crippen LogP contribution in [0.2, 0.25) is 5.02 Å². The highest BCUT2D eigenvalue weighted by Gasteiger charge is 2.21. The lowest BCUT2D eigenvalue weighted by Gasteiger charge is -2.28. The van der Waals surface area contributed by atoms with E-state index in [-0.39, 0.29) is 24.4 Å². The van der Waals surface area contributed by atoms with Gasteiger partial charge in [-0.25, -0.2) is 0 Å². The van der Waals surface area contributed by atoms with E-state index < -0.39 is 0 Å². The van der Waals surface area contributed by atoms with Crippen LogP contribution in [0.5, 0.6) is 0 Å². The van der Waals surface area contributed by atoms with Gasteiger partial charge >= 0.3 is 0 Å². The molecule has 0 aliphatic rings. The second-order valence-corrected chi connectivity index (χ2v) is 5.73. The van der Waals surface area contributed by atoms with Gasteiger partial charge in [0.1, 0.15) is 6.54 Å². The van der Waals surface area contributed by atoms with E-state index in [1.54, 1.807) is 24.3 Å². The first-order valence-electron chi connectivity index (χ1n) is 7.35. The van der Waals surface area contributed by atoms with Crippen LogP contribution < -0.4 is 5.32 Å². The number of carbonyl (C=O) groups excluding carboxylic acids is 2. The Balaban J connectivity index is 2.07. The Morgan fingerprint density at radius 2 is 1.83 bits per heavy atom. The number of amides is 2. The van der Waals surface area contributed by atoms with Crippen LogP contribution in [0.1, 0.15) is 25.5 Å². The summed E-state index contributed by atoms with van der Waals surface area (Å²) in [6.07, 6.45) is 0. The van der Waals surface area contributed by atoms with E-state index in [1.165, 1.54) is 11.8 Å². The highest BCUT2D eigenvalue weighted by molar-refractivity contribution is 6.30. The van der Waals surface area contributed by atoms with Gasteiger partial charge in [0.25, 0.3) is 0 Å². The van der Waals surface area contributed by atoms with Gasteiger partial charge in [-0.2, -0.15) is 0 Å². The zero-order valence-electron chi connectivity index (χ0n) is 13.1. The van der Waals surface area contributed by atoms with Crippen molar-refractivity contribution in [1.29, 1.82) is 0 Å². The number of carbonyl (C=O) groups is 2. The molecule has 2 rings (SSSR count). The summed E-state index contributed by atoms with van der Waals surface area (Å²) in [6.45, 7) is 3.35. The molecular weight excluding hydrogens is 312 g/mol. The minimum atomic E-state index is -0.259. The van der Waals surface area contributed by atoms with Crippen LogP contribution in [0.3, 0.4) is 0 Å². The molecule has 2 amide bonds. The Bertz CT molecular complexity index is 688. The van der Waals surface area contributed by atoms with Crippen molar-refractivity contribution in [3.8, 4) is 0 Å². The fraction of sp³-hybridized carbons (Fsp3) is 0.222. The molecule has 4 nitrogen and oxygen atoms in total. The highest BCUT2D eigenvalue weighted by Crippen LogP contribution is 2.20. The number of rotatable bonds is 5. The molecule has 2 aromatic rings. The van der Waals surface area contributed by atoms with E-state index in [2.05, 4.69) is 5.32 Å². The van der Waals surface area contributed by atoms with Crippen molar-refractivity contribution in [3.63, 3.8) is 0 Å². The van der Waals surface area contributed by atoms with Crippen molar-refractivity contribution < 1.29 is 9.59 Å². The van der Waals surface area contributed by atoms with E-state index >= 15 is 0 Å². The molecule has 0 aromatic heterocycles. The van der Waals surface area contributed by atoms with Crippen molar-refractivity contribution in [2.45, 2.75) is 19.9 Å². The number of nitrogens with one attached hydrogen (secondary N) is 1. The smallest absolute Gasteiger partial charge is 0.244 e. The molecule has 0 aliphatic carbocycles. The van der Waals surface area contributed by atoms with Crippen molar-refractivity contribution in [2.75, 3.05) is 11.9 Å². The van der Waals surface area contributed by atoms with Gasteiger partial charge in [0.2, 0.25) is 11.8 Å².